The first-order valence-corrected chi connectivity index (χ1v) is 18.8. The molecule has 2 fully saturated rings. The van der Waals surface area contributed by atoms with Gasteiger partial charge in [-0.25, -0.2) is 19.9 Å². The molecule has 2 bridgehead atoms. The van der Waals surface area contributed by atoms with Crippen LogP contribution < -0.4 is 0 Å². The molecule has 2 heterocycles. The van der Waals surface area contributed by atoms with Crippen molar-refractivity contribution >= 4 is 10.8 Å². The number of benzene rings is 6. The van der Waals surface area contributed by atoms with Crippen LogP contribution in [0, 0.1) is 5.92 Å². The van der Waals surface area contributed by atoms with Gasteiger partial charge in [-0.05, 0) is 84.0 Å². The van der Waals surface area contributed by atoms with Gasteiger partial charge in [-0.1, -0.05) is 140 Å². The third-order valence-corrected chi connectivity index (χ3v) is 11.6. The fraction of sp³-hybridized carbons (Fsp3) is 0.143. The van der Waals surface area contributed by atoms with Crippen LogP contribution in [0.4, 0.5) is 0 Å². The van der Waals surface area contributed by atoms with Crippen LogP contribution >= 0.6 is 0 Å². The van der Waals surface area contributed by atoms with Gasteiger partial charge in [-0.15, -0.1) is 0 Å². The van der Waals surface area contributed by atoms with E-state index in [1.54, 1.807) is 0 Å². The molecule has 10 rings (SSSR count). The smallest absolute Gasteiger partial charge is 0.160 e. The third kappa shape index (κ3) is 5.90. The highest BCUT2D eigenvalue weighted by atomic mass is 14.9. The first-order valence-electron chi connectivity index (χ1n) is 18.8. The molecule has 0 atom stereocenters. The Kier molecular flexibility index (Phi) is 7.75. The van der Waals surface area contributed by atoms with Gasteiger partial charge in [0.15, 0.2) is 11.6 Å². The van der Waals surface area contributed by atoms with Gasteiger partial charge in [-0.2, -0.15) is 0 Å². The van der Waals surface area contributed by atoms with Crippen molar-refractivity contribution in [2.24, 2.45) is 5.92 Å². The molecule has 2 aliphatic rings. The second-order valence-electron chi connectivity index (χ2n) is 14.8. The fourth-order valence-corrected chi connectivity index (χ4v) is 8.79. The maximum absolute atomic E-state index is 5.22. The van der Waals surface area contributed by atoms with Crippen molar-refractivity contribution in [1.82, 2.24) is 19.9 Å². The van der Waals surface area contributed by atoms with E-state index < -0.39 is 0 Å². The molecule has 0 spiro atoms. The number of hydrogen-bond donors (Lipinski definition) is 0. The van der Waals surface area contributed by atoms with Gasteiger partial charge in [0.1, 0.15) is 0 Å². The zero-order valence-electron chi connectivity index (χ0n) is 29.5. The van der Waals surface area contributed by atoms with Crippen LogP contribution in [-0.4, -0.2) is 19.9 Å². The molecule has 2 saturated carbocycles. The van der Waals surface area contributed by atoms with E-state index in [0.29, 0.717) is 11.2 Å². The lowest BCUT2D eigenvalue weighted by Crippen LogP contribution is -2.19. The van der Waals surface area contributed by atoms with Gasteiger partial charge in [0.05, 0.1) is 22.8 Å². The minimum Gasteiger partial charge on any atom is -0.228 e. The van der Waals surface area contributed by atoms with Crippen molar-refractivity contribution in [1.29, 1.82) is 0 Å². The molecule has 2 aliphatic carbocycles. The van der Waals surface area contributed by atoms with Crippen LogP contribution in [0.25, 0.3) is 78.6 Å². The lowest BCUT2D eigenvalue weighted by Gasteiger charge is -2.27. The van der Waals surface area contributed by atoms with Gasteiger partial charge in [0.2, 0.25) is 0 Å². The van der Waals surface area contributed by atoms with Crippen molar-refractivity contribution in [3.63, 3.8) is 0 Å². The maximum Gasteiger partial charge on any atom is 0.160 e. The van der Waals surface area contributed by atoms with Crippen LogP contribution in [0.5, 0.6) is 0 Å². The van der Waals surface area contributed by atoms with Crippen LogP contribution in [0.3, 0.4) is 0 Å². The number of aromatic nitrogens is 4. The molecule has 0 aliphatic heterocycles. The second kappa shape index (κ2) is 13.1. The SMILES string of the molecule is c1ccc(-c2cc(-c3ccccc3)nc(-c3ccc4c(-c5cc(-c6cccc(C78CCC(CC7)C8)c6)nc(-c6ccccc6)n5)cccc4c3)n2)cc1. The number of nitrogens with zero attached hydrogens (tertiary/aromatic N) is 4. The summed E-state index contributed by atoms with van der Waals surface area (Å²) in [5.41, 5.74) is 11.8. The van der Waals surface area contributed by atoms with E-state index >= 15 is 0 Å². The molecule has 254 valence electrons. The molecule has 0 radical (unpaired) electrons. The fourth-order valence-electron chi connectivity index (χ4n) is 8.79. The van der Waals surface area contributed by atoms with E-state index in [2.05, 4.69) is 121 Å². The molecule has 0 saturated heterocycles. The highest BCUT2D eigenvalue weighted by Gasteiger charge is 2.45. The minimum absolute atomic E-state index is 0.332. The highest BCUT2D eigenvalue weighted by Crippen LogP contribution is 2.55. The van der Waals surface area contributed by atoms with E-state index in [-0.39, 0.29) is 0 Å². The maximum atomic E-state index is 5.22. The molecule has 6 aromatic carbocycles. The van der Waals surface area contributed by atoms with Gasteiger partial charge in [-0.3, -0.25) is 0 Å². The van der Waals surface area contributed by atoms with Gasteiger partial charge in [0.25, 0.3) is 0 Å². The van der Waals surface area contributed by atoms with E-state index in [1.165, 1.54) is 37.7 Å². The van der Waals surface area contributed by atoms with E-state index in [9.17, 15) is 0 Å². The monoisotopic (exact) mass is 682 g/mol. The van der Waals surface area contributed by atoms with Crippen molar-refractivity contribution in [3.8, 4) is 67.8 Å². The summed E-state index contributed by atoms with van der Waals surface area (Å²) in [5, 5.41) is 2.23. The van der Waals surface area contributed by atoms with E-state index in [0.717, 1.165) is 78.7 Å². The van der Waals surface area contributed by atoms with Gasteiger partial charge in [0, 0.05) is 33.4 Å². The average Bonchev–Trinajstić information content (AvgIpc) is 3.87. The second-order valence-corrected chi connectivity index (χ2v) is 14.8. The molecule has 2 aromatic heterocycles. The Bertz CT molecular complexity index is 2530. The minimum atomic E-state index is 0.332. The Morgan fingerprint density at radius 3 is 1.60 bits per heavy atom. The summed E-state index contributed by atoms with van der Waals surface area (Å²) >= 11 is 0. The van der Waals surface area contributed by atoms with Crippen molar-refractivity contribution < 1.29 is 0 Å². The molecular formula is C49H38N4. The molecule has 4 heteroatoms. The van der Waals surface area contributed by atoms with E-state index in [4.69, 9.17) is 19.9 Å². The normalized spacial score (nSPS) is 17.7. The third-order valence-electron chi connectivity index (χ3n) is 11.6. The number of rotatable bonds is 7. The number of hydrogen-bond acceptors (Lipinski definition) is 4. The molecule has 0 N–H and O–H groups in total. The zero-order valence-corrected chi connectivity index (χ0v) is 29.5. The molecular weight excluding hydrogens is 645 g/mol. The summed E-state index contributed by atoms with van der Waals surface area (Å²) in [6, 6.07) is 57.5. The summed E-state index contributed by atoms with van der Waals surface area (Å²) in [4.78, 5) is 20.6. The van der Waals surface area contributed by atoms with Crippen LogP contribution in [0.1, 0.15) is 37.7 Å². The molecule has 8 aromatic rings. The molecule has 4 nitrogen and oxygen atoms in total. The van der Waals surface area contributed by atoms with Crippen molar-refractivity contribution in [2.75, 3.05) is 0 Å². The Labute approximate surface area is 310 Å². The quantitative estimate of drug-likeness (QED) is 0.168. The van der Waals surface area contributed by atoms with Crippen molar-refractivity contribution in [2.45, 2.75) is 37.5 Å². The lowest BCUT2D eigenvalue weighted by molar-refractivity contribution is 0.419. The first-order chi connectivity index (χ1) is 26.2. The predicted octanol–water partition coefficient (Wildman–Crippen LogP) is 12.3. The summed E-state index contributed by atoms with van der Waals surface area (Å²) in [6.07, 6.45) is 6.66. The van der Waals surface area contributed by atoms with Crippen LogP contribution in [0.2, 0.25) is 0 Å². The number of fused-ring (bicyclic) bond motifs is 3. The molecule has 0 amide bonds. The summed E-state index contributed by atoms with van der Waals surface area (Å²) < 4.78 is 0. The predicted molar refractivity (Wildman–Crippen MR) is 216 cm³/mol. The molecule has 53 heavy (non-hydrogen) atoms. The van der Waals surface area contributed by atoms with Gasteiger partial charge < -0.3 is 0 Å². The largest absolute Gasteiger partial charge is 0.228 e. The van der Waals surface area contributed by atoms with E-state index in [1.807, 2.05) is 42.5 Å². The average molecular weight is 683 g/mol. The Hall–Kier alpha value is -6.26. The Morgan fingerprint density at radius 1 is 0.415 bits per heavy atom. The summed E-state index contributed by atoms with van der Waals surface area (Å²) in [6.45, 7) is 0. The first kappa shape index (κ1) is 31.5. The summed E-state index contributed by atoms with van der Waals surface area (Å²) in [5.74, 6) is 2.33. The molecule has 0 unspecified atom stereocenters. The highest BCUT2D eigenvalue weighted by molar-refractivity contribution is 5.98. The Morgan fingerprint density at radius 2 is 0.962 bits per heavy atom. The standard InChI is InChI=1S/C49H38N4/c1-4-12-34(13-5-1)43-30-44(35-14-6-2-7-15-35)51-48(50-43)39-22-23-41-37(28-39)18-11-21-42(41)46-31-45(52-47(53-46)36-16-8-3-9-17-36)38-19-10-20-40(29-38)49-26-24-33(32-49)25-27-49/h1-23,28-31,33H,24-27,32H2. The van der Waals surface area contributed by atoms with Gasteiger partial charge >= 0.3 is 0 Å². The van der Waals surface area contributed by atoms with Crippen molar-refractivity contribution in [3.05, 3.63) is 169 Å². The lowest BCUT2D eigenvalue weighted by atomic mass is 9.77. The van der Waals surface area contributed by atoms with Crippen LogP contribution in [0.15, 0.2) is 164 Å². The zero-order chi connectivity index (χ0) is 35.2. The van der Waals surface area contributed by atoms with Crippen LogP contribution in [-0.2, 0) is 5.41 Å². The summed E-state index contributed by atoms with van der Waals surface area (Å²) in [7, 11) is 0. The Balaban J connectivity index is 1.09. The topological polar surface area (TPSA) is 51.6 Å².